The molecular weight excluding hydrogens is 124 g/mol. The summed E-state index contributed by atoms with van der Waals surface area (Å²) in [7, 11) is 0. The van der Waals surface area contributed by atoms with E-state index in [1.54, 1.807) is 0 Å². The summed E-state index contributed by atoms with van der Waals surface area (Å²) >= 11 is 0. The first kappa shape index (κ1) is 5.47. The Kier molecular flexibility index (Phi) is 1.17. The molecule has 0 radical (unpaired) electrons. The second kappa shape index (κ2) is 2.14. The zero-order chi connectivity index (χ0) is 6.81. The Morgan fingerprint density at radius 1 is 1.40 bits per heavy atom. The number of hydrogen-bond acceptors (Lipinski definition) is 1. The van der Waals surface area contributed by atoms with Crippen molar-refractivity contribution in [2.24, 2.45) is 0 Å². The highest BCUT2D eigenvalue weighted by Crippen LogP contribution is 2.04. The fourth-order valence-corrected chi connectivity index (χ4v) is 1.04. The van der Waals surface area contributed by atoms with Crippen molar-refractivity contribution in [1.82, 2.24) is 9.78 Å². The molecule has 0 saturated carbocycles. The van der Waals surface area contributed by atoms with Gasteiger partial charge >= 0.3 is 0 Å². The first-order valence-electron chi connectivity index (χ1n) is 3.32. The second-order valence-corrected chi connectivity index (χ2v) is 2.24. The Morgan fingerprint density at radius 2 is 2.40 bits per heavy atom. The average molecular weight is 132 g/mol. The van der Waals surface area contributed by atoms with Gasteiger partial charge in [0.05, 0.1) is 0 Å². The van der Waals surface area contributed by atoms with Gasteiger partial charge in [-0.2, -0.15) is 5.10 Å². The van der Waals surface area contributed by atoms with Crippen LogP contribution < -0.4 is 0 Å². The van der Waals surface area contributed by atoms with E-state index in [0.29, 0.717) is 0 Å². The molecule has 1 aliphatic heterocycles. The molecule has 2 heteroatoms. The summed E-state index contributed by atoms with van der Waals surface area (Å²) in [5.41, 5.74) is 1.24. The van der Waals surface area contributed by atoms with E-state index in [9.17, 15) is 0 Å². The number of hydrogen-bond donors (Lipinski definition) is 0. The van der Waals surface area contributed by atoms with Crippen LogP contribution in [0.2, 0.25) is 0 Å². The average Bonchev–Trinajstić information content (AvgIpc) is 2.28. The van der Waals surface area contributed by atoms with Crippen LogP contribution in [0.5, 0.6) is 0 Å². The van der Waals surface area contributed by atoms with Crippen molar-refractivity contribution in [2.75, 3.05) is 0 Å². The Bertz CT molecular complexity index is 281. The van der Waals surface area contributed by atoms with Crippen molar-refractivity contribution >= 4 is 6.20 Å². The predicted octanol–water partition coefficient (Wildman–Crippen LogP) is 1.47. The number of fused-ring (bicyclic) bond motifs is 1. The van der Waals surface area contributed by atoms with Crippen molar-refractivity contribution in [3.63, 3.8) is 0 Å². The van der Waals surface area contributed by atoms with Gasteiger partial charge in [0.25, 0.3) is 0 Å². The lowest BCUT2D eigenvalue weighted by Gasteiger charge is -1.94. The molecule has 1 aromatic rings. The highest BCUT2D eigenvalue weighted by molar-refractivity contribution is 5.32. The molecule has 2 rings (SSSR count). The van der Waals surface area contributed by atoms with Crippen molar-refractivity contribution in [3.05, 3.63) is 36.2 Å². The summed E-state index contributed by atoms with van der Waals surface area (Å²) in [5, 5.41) is 4.11. The summed E-state index contributed by atoms with van der Waals surface area (Å²) in [6.45, 7) is 0. The van der Waals surface area contributed by atoms with Crippen LogP contribution in [0.1, 0.15) is 5.69 Å². The highest BCUT2D eigenvalue weighted by atomic mass is 15.3. The fourth-order valence-electron chi connectivity index (χ4n) is 1.04. The summed E-state index contributed by atoms with van der Waals surface area (Å²) in [4.78, 5) is 0. The minimum atomic E-state index is 0.979. The molecule has 0 spiro atoms. The Hall–Kier alpha value is -1.31. The van der Waals surface area contributed by atoms with Crippen molar-refractivity contribution in [2.45, 2.75) is 6.42 Å². The topological polar surface area (TPSA) is 17.8 Å². The third-order valence-corrected chi connectivity index (χ3v) is 1.55. The van der Waals surface area contributed by atoms with Crippen molar-refractivity contribution in [3.8, 4) is 0 Å². The van der Waals surface area contributed by atoms with Gasteiger partial charge in [0, 0.05) is 24.5 Å². The molecule has 1 aliphatic rings. The first-order valence-corrected chi connectivity index (χ1v) is 3.32. The van der Waals surface area contributed by atoms with E-state index >= 15 is 0 Å². The Morgan fingerprint density at radius 3 is 3.40 bits per heavy atom. The second-order valence-electron chi connectivity index (χ2n) is 2.24. The smallest absolute Gasteiger partial charge is 0.0496 e. The maximum absolute atomic E-state index is 4.11. The highest BCUT2D eigenvalue weighted by Gasteiger charge is 1.97. The Balaban J connectivity index is 2.50. The van der Waals surface area contributed by atoms with Gasteiger partial charge in [-0.1, -0.05) is 12.2 Å². The Labute approximate surface area is 59.5 Å². The quantitative estimate of drug-likeness (QED) is 0.522. The van der Waals surface area contributed by atoms with Crippen LogP contribution in [0.15, 0.2) is 30.5 Å². The molecule has 0 N–H and O–H groups in total. The van der Waals surface area contributed by atoms with Gasteiger partial charge in [-0.15, -0.1) is 0 Å². The SMILES string of the molecule is C1=CCc2ccnn2C=C1. The largest absolute Gasteiger partial charge is 0.245 e. The molecule has 0 fully saturated rings. The van der Waals surface area contributed by atoms with Crippen LogP contribution in [0.25, 0.3) is 6.20 Å². The molecule has 2 heterocycles. The molecule has 0 atom stereocenters. The normalized spacial score (nSPS) is 14.8. The van der Waals surface area contributed by atoms with Gasteiger partial charge in [0.15, 0.2) is 0 Å². The van der Waals surface area contributed by atoms with Crippen LogP contribution in [-0.2, 0) is 6.42 Å². The molecule has 0 amide bonds. The zero-order valence-electron chi connectivity index (χ0n) is 5.57. The van der Waals surface area contributed by atoms with Gasteiger partial charge in [-0.25, -0.2) is 4.68 Å². The van der Waals surface area contributed by atoms with Gasteiger partial charge < -0.3 is 0 Å². The summed E-state index contributed by atoms with van der Waals surface area (Å²) in [5.74, 6) is 0. The standard InChI is InChI=1S/C8H8N2/c1-2-4-8-5-6-9-10(8)7-3-1/h1-3,5-7H,4H2. The fraction of sp³-hybridized carbons (Fsp3) is 0.125. The number of rotatable bonds is 0. The van der Waals surface area contributed by atoms with E-state index in [-0.39, 0.29) is 0 Å². The lowest BCUT2D eigenvalue weighted by atomic mass is 10.3. The molecule has 1 aromatic heterocycles. The maximum atomic E-state index is 4.11. The summed E-state index contributed by atoms with van der Waals surface area (Å²) < 4.78 is 1.89. The first-order chi connectivity index (χ1) is 4.97. The predicted molar refractivity (Wildman–Crippen MR) is 40.4 cm³/mol. The van der Waals surface area contributed by atoms with Gasteiger partial charge in [0.1, 0.15) is 0 Å². The molecule has 0 unspecified atom stereocenters. The van der Waals surface area contributed by atoms with E-state index in [1.165, 1.54) is 5.69 Å². The zero-order valence-corrected chi connectivity index (χ0v) is 5.57. The minimum Gasteiger partial charge on any atom is -0.245 e. The van der Waals surface area contributed by atoms with Crippen LogP contribution >= 0.6 is 0 Å². The molecule has 0 aromatic carbocycles. The molecule has 0 bridgehead atoms. The van der Waals surface area contributed by atoms with Gasteiger partial charge in [0.2, 0.25) is 0 Å². The molecule has 0 aliphatic carbocycles. The van der Waals surface area contributed by atoms with Crippen LogP contribution in [0.3, 0.4) is 0 Å². The van der Waals surface area contributed by atoms with E-state index < -0.39 is 0 Å². The third-order valence-electron chi connectivity index (χ3n) is 1.55. The molecule has 0 saturated heterocycles. The maximum Gasteiger partial charge on any atom is 0.0496 e. The summed E-state index contributed by atoms with van der Waals surface area (Å²) in [6, 6.07) is 2.03. The van der Waals surface area contributed by atoms with E-state index in [0.717, 1.165) is 6.42 Å². The van der Waals surface area contributed by atoms with Crippen LogP contribution in [-0.4, -0.2) is 9.78 Å². The number of aromatic nitrogens is 2. The monoisotopic (exact) mass is 132 g/mol. The van der Waals surface area contributed by atoms with E-state index in [1.807, 2.05) is 35.3 Å². The lowest BCUT2D eigenvalue weighted by Crippen LogP contribution is -1.92. The lowest BCUT2D eigenvalue weighted by molar-refractivity contribution is 0.880. The van der Waals surface area contributed by atoms with Gasteiger partial charge in [-0.3, -0.25) is 0 Å². The summed E-state index contributed by atoms with van der Waals surface area (Å²) in [6.07, 6.45) is 10.9. The molecular formula is C8H8N2. The van der Waals surface area contributed by atoms with E-state index in [2.05, 4.69) is 11.2 Å². The molecule has 10 heavy (non-hydrogen) atoms. The van der Waals surface area contributed by atoms with Crippen LogP contribution in [0, 0.1) is 0 Å². The number of nitrogens with zero attached hydrogens (tertiary/aromatic N) is 2. The third kappa shape index (κ3) is 0.778. The van der Waals surface area contributed by atoms with Gasteiger partial charge in [-0.05, 0) is 12.1 Å². The molecule has 2 nitrogen and oxygen atoms in total. The van der Waals surface area contributed by atoms with Crippen molar-refractivity contribution < 1.29 is 0 Å². The van der Waals surface area contributed by atoms with Crippen molar-refractivity contribution in [1.29, 1.82) is 0 Å². The minimum absolute atomic E-state index is 0.979. The van der Waals surface area contributed by atoms with E-state index in [4.69, 9.17) is 0 Å². The van der Waals surface area contributed by atoms with Crippen LogP contribution in [0.4, 0.5) is 0 Å². The molecule has 50 valence electrons. The number of allylic oxidation sites excluding steroid dienone is 3.